The lowest BCUT2D eigenvalue weighted by molar-refractivity contribution is -0.121. The van der Waals surface area contributed by atoms with Gasteiger partial charge in [0, 0.05) is 33.0 Å². The van der Waals surface area contributed by atoms with Gasteiger partial charge in [-0.25, -0.2) is 0 Å². The van der Waals surface area contributed by atoms with E-state index in [2.05, 4.69) is 17.8 Å². The third-order valence-corrected chi connectivity index (χ3v) is 6.99. The molecule has 1 aliphatic rings. The van der Waals surface area contributed by atoms with Crippen LogP contribution in [-0.4, -0.2) is 17.6 Å². The molecule has 3 rings (SSSR count). The lowest BCUT2D eigenvalue weighted by Gasteiger charge is -2.16. The summed E-state index contributed by atoms with van der Waals surface area (Å²) in [5, 5.41) is 0. The highest BCUT2D eigenvalue weighted by molar-refractivity contribution is 7.14. The highest BCUT2D eigenvalue weighted by atomic mass is 32.1. The maximum atomic E-state index is 12.3. The first-order valence-electron chi connectivity index (χ1n) is 9.14. The van der Waals surface area contributed by atoms with Crippen molar-refractivity contribution in [2.75, 3.05) is 0 Å². The molecule has 0 saturated carbocycles. The van der Waals surface area contributed by atoms with Crippen LogP contribution in [-0.2, 0) is 17.6 Å². The highest BCUT2D eigenvalue weighted by Crippen LogP contribution is 2.32. The van der Waals surface area contributed by atoms with Gasteiger partial charge in [0.1, 0.15) is 0 Å². The molecule has 2 heterocycles. The zero-order valence-corrected chi connectivity index (χ0v) is 17.4. The first-order valence-corrected chi connectivity index (χ1v) is 10.8. The fourth-order valence-electron chi connectivity index (χ4n) is 3.34. The van der Waals surface area contributed by atoms with E-state index in [1.807, 2.05) is 26.0 Å². The fourth-order valence-corrected chi connectivity index (χ4v) is 5.38. The second kappa shape index (κ2) is 8.35. The second-order valence-corrected chi connectivity index (χ2v) is 9.76. The Morgan fingerprint density at radius 1 is 1.11 bits per heavy atom. The van der Waals surface area contributed by atoms with Crippen LogP contribution in [0.1, 0.15) is 66.4 Å². The average molecular weight is 405 g/mol. The quantitative estimate of drug-likeness (QED) is 0.585. The summed E-state index contributed by atoms with van der Waals surface area (Å²) < 4.78 is 0. The first-order chi connectivity index (χ1) is 12.8. The predicted octanol–water partition coefficient (Wildman–Crippen LogP) is 3.98. The average Bonchev–Trinajstić information content (AvgIpc) is 3.19. The van der Waals surface area contributed by atoms with Gasteiger partial charge in [-0.05, 0) is 56.7 Å². The van der Waals surface area contributed by atoms with Crippen LogP contribution in [0.15, 0.2) is 12.1 Å². The molecule has 2 aromatic rings. The molecule has 1 atom stereocenters. The molecule has 2 amide bonds. The monoisotopic (exact) mass is 404 g/mol. The molecule has 0 aromatic carbocycles. The van der Waals surface area contributed by atoms with Crippen molar-refractivity contribution in [2.24, 2.45) is 5.92 Å². The van der Waals surface area contributed by atoms with Crippen molar-refractivity contribution >= 4 is 40.3 Å². The Hall–Kier alpha value is -1.99. The van der Waals surface area contributed by atoms with Crippen molar-refractivity contribution in [3.05, 3.63) is 42.8 Å². The molecule has 27 heavy (non-hydrogen) atoms. The van der Waals surface area contributed by atoms with Crippen molar-refractivity contribution in [3.8, 4) is 0 Å². The van der Waals surface area contributed by atoms with E-state index in [0.29, 0.717) is 16.4 Å². The van der Waals surface area contributed by atoms with E-state index >= 15 is 0 Å². The van der Waals surface area contributed by atoms with Crippen LogP contribution >= 0.6 is 22.7 Å². The Balaban J connectivity index is 1.47. The number of thiophene rings is 2. The smallest absolute Gasteiger partial charge is 0.279 e. The number of nitrogens with one attached hydrogen (secondary N) is 2. The maximum Gasteiger partial charge on any atom is 0.279 e. The first kappa shape index (κ1) is 19.8. The molecule has 0 bridgehead atoms. The van der Waals surface area contributed by atoms with Crippen molar-refractivity contribution in [1.29, 1.82) is 0 Å². The number of hydrazine groups is 1. The summed E-state index contributed by atoms with van der Waals surface area (Å²) >= 11 is 3.08. The van der Waals surface area contributed by atoms with Crippen LogP contribution < -0.4 is 10.9 Å². The number of carbonyl (C=O) groups is 3. The number of hydrogen-bond acceptors (Lipinski definition) is 5. The number of carbonyl (C=O) groups excluding carboxylic acids is 3. The summed E-state index contributed by atoms with van der Waals surface area (Å²) in [6.45, 7) is 6.09. The third-order valence-electron chi connectivity index (χ3n) is 4.79. The predicted molar refractivity (Wildman–Crippen MR) is 108 cm³/mol. The number of fused-ring (bicyclic) bond motifs is 1. The molecule has 0 fully saturated rings. The molecular formula is C20H24N2O3S2. The van der Waals surface area contributed by atoms with Gasteiger partial charge >= 0.3 is 0 Å². The Kier molecular flexibility index (Phi) is 6.11. The molecule has 2 aromatic heterocycles. The standard InChI is InChI=1S/C20H24N2O3S2/c1-11-4-6-17-14(8-11)10-18(27-17)20(25)22-21-19(24)7-5-16(23)15-9-12(2)26-13(15)3/h9-11H,4-8H2,1-3H3,(H,21,24)(H,22,25)/t11-/m0/s1. The molecule has 1 aliphatic carbocycles. The molecule has 0 spiro atoms. The largest absolute Gasteiger partial charge is 0.294 e. The number of aryl methyl sites for hydroxylation is 3. The van der Waals surface area contributed by atoms with Crippen molar-refractivity contribution in [2.45, 2.75) is 52.9 Å². The SMILES string of the molecule is Cc1cc(C(=O)CCC(=O)NNC(=O)c2cc3c(s2)CC[C@H](C)C3)c(C)s1. The number of amides is 2. The fraction of sp³-hybridized carbons (Fsp3) is 0.450. The van der Waals surface area contributed by atoms with Gasteiger partial charge in [0.25, 0.3) is 5.91 Å². The molecule has 0 radical (unpaired) electrons. The van der Waals surface area contributed by atoms with Crippen LogP contribution in [0.25, 0.3) is 0 Å². The molecule has 0 unspecified atom stereocenters. The molecule has 0 saturated heterocycles. The van der Waals surface area contributed by atoms with Crippen molar-refractivity contribution < 1.29 is 14.4 Å². The third kappa shape index (κ3) is 4.84. The summed E-state index contributed by atoms with van der Waals surface area (Å²) in [5.74, 6) is -0.0587. The zero-order valence-electron chi connectivity index (χ0n) is 15.8. The van der Waals surface area contributed by atoms with Crippen LogP contribution in [0.4, 0.5) is 0 Å². The van der Waals surface area contributed by atoms with Gasteiger partial charge in [-0.3, -0.25) is 25.2 Å². The minimum atomic E-state index is -0.365. The number of hydrogen-bond donors (Lipinski definition) is 2. The summed E-state index contributed by atoms with van der Waals surface area (Å²) in [7, 11) is 0. The van der Waals surface area contributed by atoms with Crippen LogP contribution in [0.5, 0.6) is 0 Å². The lowest BCUT2D eigenvalue weighted by Crippen LogP contribution is -2.41. The molecule has 144 valence electrons. The van der Waals surface area contributed by atoms with Gasteiger partial charge in [0.15, 0.2) is 5.78 Å². The van der Waals surface area contributed by atoms with E-state index in [1.54, 1.807) is 11.3 Å². The Morgan fingerprint density at radius 3 is 2.59 bits per heavy atom. The molecule has 0 aliphatic heterocycles. The van der Waals surface area contributed by atoms with Crippen LogP contribution in [0, 0.1) is 19.8 Å². The second-order valence-electron chi connectivity index (χ2n) is 7.16. The van der Waals surface area contributed by atoms with Gasteiger partial charge < -0.3 is 0 Å². The topological polar surface area (TPSA) is 75.3 Å². The van der Waals surface area contributed by atoms with Gasteiger partial charge in [0.2, 0.25) is 5.91 Å². The molecular weight excluding hydrogens is 380 g/mol. The van der Waals surface area contributed by atoms with Gasteiger partial charge in [-0.15, -0.1) is 22.7 Å². The van der Waals surface area contributed by atoms with Crippen LogP contribution in [0.3, 0.4) is 0 Å². The van der Waals surface area contributed by atoms with E-state index < -0.39 is 0 Å². The van der Waals surface area contributed by atoms with E-state index in [1.165, 1.54) is 21.8 Å². The van der Waals surface area contributed by atoms with E-state index in [4.69, 9.17) is 0 Å². The van der Waals surface area contributed by atoms with Gasteiger partial charge in [0.05, 0.1) is 4.88 Å². The summed E-state index contributed by atoms with van der Waals surface area (Å²) in [6.07, 6.45) is 3.36. The number of rotatable bonds is 5. The molecule has 7 heteroatoms. The molecule has 2 N–H and O–H groups in total. The van der Waals surface area contributed by atoms with Gasteiger partial charge in [-0.2, -0.15) is 0 Å². The summed E-state index contributed by atoms with van der Waals surface area (Å²) in [4.78, 5) is 40.4. The Morgan fingerprint density at radius 2 is 1.89 bits per heavy atom. The molecule has 5 nitrogen and oxygen atoms in total. The summed E-state index contributed by atoms with van der Waals surface area (Å²) in [6, 6.07) is 3.80. The van der Waals surface area contributed by atoms with Gasteiger partial charge in [-0.1, -0.05) is 6.92 Å². The normalized spacial score (nSPS) is 15.9. The van der Waals surface area contributed by atoms with Crippen molar-refractivity contribution in [3.63, 3.8) is 0 Å². The zero-order chi connectivity index (χ0) is 19.6. The van der Waals surface area contributed by atoms with Crippen molar-refractivity contribution in [1.82, 2.24) is 10.9 Å². The van der Waals surface area contributed by atoms with Crippen LogP contribution in [0.2, 0.25) is 0 Å². The number of ketones is 1. The van der Waals surface area contributed by atoms with E-state index in [-0.39, 0.29) is 30.4 Å². The highest BCUT2D eigenvalue weighted by Gasteiger charge is 2.21. The summed E-state index contributed by atoms with van der Waals surface area (Å²) in [5.41, 5.74) is 6.82. The minimum absolute atomic E-state index is 0.0432. The lowest BCUT2D eigenvalue weighted by atomic mass is 9.90. The Bertz CT molecular complexity index is 882. The van der Waals surface area contributed by atoms with E-state index in [0.717, 1.165) is 29.0 Å². The number of Topliss-reactive ketones (excluding diaryl/α,β-unsaturated/α-hetero) is 1. The van der Waals surface area contributed by atoms with E-state index in [9.17, 15) is 14.4 Å². The maximum absolute atomic E-state index is 12.3. The Labute approximate surface area is 167 Å². The minimum Gasteiger partial charge on any atom is -0.294 e.